The molecule has 23 heavy (non-hydrogen) atoms. The van der Waals surface area contributed by atoms with Gasteiger partial charge in [-0.25, -0.2) is 0 Å². The molecule has 0 fully saturated rings. The van der Waals surface area contributed by atoms with E-state index in [9.17, 15) is 0 Å². The fourth-order valence-electron chi connectivity index (χ4n) is 2.18. The third kappa shape index (κ3) is 6.94. The largest absolute Gasteiger partial charge is 0.493 e. The van der Waals surface area contributed by atoms with Crippen LogP contribution in [0.1, 0.15) is 57.1 Å². The highest BCUT2D eigenvalue weighted by Crippen LogP contribution is 2.38. The van der Waals surface area contributed by atoms with Crippen LogP contribution >= 0.6 is 39.1 Å². The van der Waals surface area contributed by atoms with Gasteiger partial charge in [0.05, 0.1) is 6.61 Å². The molecule has 0 atom stereocenters. The van der Waals surface area contributed by atoms with Gasteiger partial charge in [0.2, 0.25) is 0 Å². The minimum absolute atomic E-state index is 0.216. The lowest BCUT2D eigenvalue weighted by Gasteiger charge is -2.21. The van der Waals surface area contributed by atoms with Gasteiger partial charge in [0.15, 0.2) is 0 Å². The molecule has 0 aromatic heterocycles. The molecule has 0 N–H and O–H groups in total. The van der Waals surface area contributed by atoms with Crippen LogP contribution in [0.25, 0.3) is 0 Å². The number of hydrogen-bond acceptors (Lipinski definition) is 2. The minimum atomic E-state index is 0.216. The van der Waals surface area contributed by atoms with Crippen molar-refractivity contribution in [2.75, 3.05) is 18.5 Å². The predicted molar refractivity (Wildman–Crippen MR) is 104 cm³/mol. The molecule has 0 aliphatic heterocycles. The monoisotopic (exact) mass is 422 g/mol. The van der Waals surface area contributed by atoms with E-state index in [0.717, 1.165) is 23.2 Å². The number of rotatable bonds is 9. The molecule has 0 radical (unpaired) electrons. The Morgan fingerprint density at radius 2 is 1.65 bits per heavy atom. The first-order valence-electron chi connectivity index (χ1n) is 7.87. The van der Waals surface area contributed by atoms with Gasteiger partial charge in [-0.05, 0) is 36.5 Å². The summed E-state index contributed by atoms with van der Waals surface area (Å²) in [7, 11) is 0. The molecule has 0 unspecified atom stereocenters. The average molecular weight is 424 g/mol. The lowest BCUT2D eigenvalue weighted by atomic mass is 9.93. The Morgan fingerprint density at radius 1 is 1.09 bits per heavy atom. The van der Waals surface area contributed by atoms with Gasteiger partial charge in [-0.15, -0.1) is 0 Å². The van der Waals surface area contributed by atoms with Crippen LogP contribution in [0, 0.1) is 0 Å². The molecule has 1 aromatic carbocycles. The van der Waals surface area contributed by atoms with Gasteiger partial charge in [-0.1, -0.05) is 66.8 Å². The van der Waals surface area contributed by atoms with Crippen molar-refractivity contribution < 1.29 is 9.47 Å². The molecule has 0 aliphatic carbocycles. The van der Waals surface area contributed by atoms with Gasteiger partial charge in [-0.2, -0.15) is 0 Å². The van der Waals surface area contributed by atoms with E-state index in [1.165, 1.54) is 11.1 Å². The van der Waals surface area contributed by atoms with Crippen LogP contribution in [0.5, 0.6) is 11.5 Å². The normalized spacial score (nSPS) is 11.0. The molecule has 0 amide bonds. The SMILES string of the molecule is CC(C)c1cc(OCC=C(Cl)Cl)cc(C(C)C)c1OCCCBr. The van der Waals surface area contributed by atoms with E-state index in [1.807, 2.05) is 0 Å². The van der Waals surface area contributed by atoms with E-state index in [2.05, 4.69) is 55.8 Å². The van der Waals surface area contributed by atoms with Crippen LogP contribution in [0.3, 0.4) is 0 Å². The second kappa shape index (κ2) is 10.5. The fourth-order valence-corrected chi connectivity index (χ4v) is 2.54. The molecule has 130 valence electrons. The molecule has 0 saturated carbocycles. The van der Waals surface area contributed by atoms with E-state index in [1.54, 1.807) is 6.08 Å². The zero-order chi connectivity index (χ0) is 17.4. The molecular formula is C18H25BrCl2O2. The Hall–Kier alpha value is -0.380. The van der Waals surface area contributed by atoms with Gasteiger partial charge >= 0.3 is 0 Å². The third-order valence-electron chi connectivity index (χ3n) is 3.38. The number of halogens is 3. The summed E-state index contributed by atoms with van der Waals surface area (Å²) in [6.45, 7) is 9.70. The van der Waals surface area contributed by atoms with Crippen molar-refractivity contribution in [2.24, 2.45) is 0 Å². The van der Waals surface area contributed by atoms with Gasteiger partial charge in [0, 0.05) is 16.5 Å². The fraction of sp³-hybridized carbons (Fsp3) is 0.556. The standard InChI is InChI=1S/C18H25BrCl2O2/c1-12(2)15-10-14(22-9-6-17(20)21)11-16(13(3)4)18(15)23-8-5-7-19/h6,10-13H,5,7-9H2,1-4H3. The summed E-state index contributed by atoms with van der Waals surface area (Å²) in [5.41, 5.74) is 2.34. The Labute approximate surface area is 158 Å². The van der Waals surface area contributed by atoms with Crippen LogP contribution in [-0.4, -0.2) is 18.5 Å². The maximum absolute atomic E-state index is 6.09. The second-order valence-electron chi connectivity index (χ2n) is 5.94. The van der Waals surface area contributed by atoms with Crippen molar-refractivity contribution in [3.05, 3.63) is 33.8 Å². The smallest absolute Gasteiger partial charge is 0.126 e. The van der Waals surface area contributed by atoms with Crippen molar-refractivity contribution >= 4 is 39.1 Å². The number of benzene rings is 1. The molecule has 5 heteroatoms. The summed E-state index contributed by atoms with van der Waals surface area (Å²) in [6.07, 6.45) is 2.61. The van der Waals surface area contributed by atoms with E-state index < -0.39 is 0 Å². The highest BCUT2D eigenvalue weighted by molar-refractivity contribution is 9.09. The summed E-state index contributed by atoms with van der Waals surface area (Å²) in [5, 5.41) is 0.938. The first-order valence-corrected chi connectivity index (χ1v) is 9.75. The predicted octanol–water partition coefficient (Wildman–Crippen LogP) is 6.80. The molecule has 0 aliphatic rings. The summed E-state index contributed by atoms with van der Waals surface area (Å²) in [6, 6.07) is 4.10. The molecule has 1 aromatic rings. The van der Waals surface area contributed by atoms with Gasteiger partial charge in [-0.3, -0.25) is 0 Å². The summed E-state index contributed by atoms with van der Waals surface area (Å²) >= 11 is 14.7. The molecule has 0 bridgehead atoms. The lowest BCUT2D eigenvalue weighted by molar-refractivity contribution is 0.307. The Morgan fingerprint density at radius 3 is 2.09 bits per heavy atom. The van der Waals surface area contributed by atoms with Crippen LogP contribution in [0.4, 0.5) is 0 Å². The lowest BCUT2D eigenvalue weighted by Crippen LogP contribution is -2.07. The quantitative estimate of drug-likeness (QED) is 0.321. The molecular weight excluding hydrogens is 399 g/mol. The summed E-state index contributed by atoms with van der Waals surface area (Å²) in [5.74, 6) is 2.51. The highest BCUT2D eigenvalue weighted by Gasteiger charge is 2.18. The van der Waals surface area contributed by atoms with Crippen LogP contribution < -0.4 is 9.47 Å². The van der Waals surface area contributed by atoms with E-state index in [4.69, 9.17) is 32.7 Å². The number of ether oxygens (including phenoxy) is 2. The highest BCUT2D eigenvalue weighted by atomic mass is 79.9. The molecule has 0 saturated heterocycles. The van der Waals surface area contributed by atoms with Crippen molar-refractivity contribution in [2.45, 2.75) is 46.0 Å². The Kier molecular flexibility index (Phi) is 9.41. The average Bonchev–Trinajstić information content (AvgIpc) is 2.47. The van der Waals surface area contributed by atoms with Crippen molar-refractivity contribution in [3.8, 4) is 11.5 Å². The third-order valence-corrected chi connectivity index (χ3v) is 4.25. The first-order chi connectivity index (χ1) is 10.9. The summed E-state index contributed by atoms with van der Waals surface area (Å²) < 4.78 is 12.1. The van der Waals surface area contributed by atoms with Crippen molar-refractivity contribution in [1.29, 1.82) is 0 Å². The second-order valence-corrected chi connectivity index (χ2v) is 7.74. The topological polar surface area (TPSA) is 18.5 Å². The van der Waals surface area contributed by atoms with Crippen molar-refractivity contribution in [3.63, 3.8) is 0 Å². The molecule has 0 spiro atoms. The van der Waals surface area contributed by atoms with Crippen molar-refractivity contribution in [1.82, 2.24) is 0 Å². The molecule has 2 nitrogen and oxygen atoms in total. The van der Waals surface area contributed by atoms with E-state index >= 15 is 0 Å². The van der Waals surface area contributed by atoms with Crippen LogP contribution in [0.15, 0.2) is 22.7 Å². The molecule has 1 rings (SSSR count). The van der Waals surface area contributed by atoms with Crippen LogP contribution in [-0.2, 0) is 0 Å². The van der Waals surface area contributed by atoms with Gasteiger partial charge in [0.1, 0.15) is 22.6 Å². The zero-order valence-corrected chi connectivity index (χ0v) is 17.3. The summed E-state index contributed by atoms with van der Waals surface area (Å²) in [4.78, 5) is 0. The maximum Gasteiger partial charge on any atom is 0.126 e. The Bertz CT molecular complexity index is 495. The maximum atomic E-state index is 6.09. The van der Waals surface area contributed by atoms with E-state index in [0.29, 0.717) is 25.0 Å². The Balaban J connectivity index is 3.14. The number of hydrogen-bond donors (Lipinski definition) is 0. The van der Waals surface area contributed by atoms with E-state index in [-0.39, 0.29) is 4.49 Å². The van der Waals surface area contributed by atoms with Crippen LogP contribution in [0.2, 0.25) is 0 Å². The zero-order valence-electron chi connectivity index (χ0n) is 14.2. The minimum Gasteiger partial charge on any atom is -0.493 e. The molecule has 0 heterocycles. The van der Waals surface area contributed by atoms with Gasteiger partial charge in [0.25, 0.3) is 0 Å². The number of alkyl halides is 1. The van der Waals surface area contributed by atoms with Gasteiger partial charge < -0.3 is 9.47 Å². The first kappa shape index (κ1) is 20.7.